The summed E-state index contributed by atoms with van der Waals surface area (Å²) in [6.45, 7) is 0. The zero-order chi connectivity index (χ0) is 8.97. The lowest BCUT2D eigenvalue weighted by Crippen LogP contribution is -1.86. The molecule has 1 atom stereocenters. The summed E-state index contributed by atoms with van der Waals surface area (Å²) < 4.78 is 0.738. The topological polar surface area (TPSA) is 17.1 Å². The largest absolute Gasteiger partial charge is 0.303 e. The van der Waals surface area contributed by atoms with Crippen LogP contribution in [0.4, 0.5) is 0 Å². The van der Waals surface area contributed by atoms with E-state index in [4.69, 9.17) is 23.2 Å². The van der Waals surface area contributed by atoms with Gasteiger partial charge in [0.15, 0.2) is 0 Å². The molecule has 0 bridgehead atoms. The molecule has 0 aliphatic heterocycles. The van der Waals surface area contributed by atoms with Crippen LogP contribution in [0.15, 0.2) is 12.1 Å². The fraction of sp³-hybridized carbons (Fsp3) is 0.375. The number of alkyl halides is 1. The van der Waals surface area contributed by atoms with E-state index >= 15 is 0 Å². The molecule has 1 aromatic heterocycles. The van der Waals surface area contributed by atoms with Gasteiger partial charge in [0.2, 0.25) is 0 Å². The van der Waals surface area contributed by atoms with E-state index in [2.05, 4.69) is 0 Å². The van der Waals surface area contributed by atoms with E-state index in [0.717, 1.165) is 15.5 Å². The van der Waals surface area contributed by atoms with Gasteiger partial charge in [0.05, 0.1) is 9.71 Å². The van der Waals surface area contributed by atoms with Gasteiger partial charge in [0.1, 0.15) is 6.29 Å². The van der Waals surface area contributed by atoms with Crippen molar-refractivity contribution in [2.45, 2.75) is 18.2 Å². The Morgan fingerprint density at radius 1 is 1.58 bits per heavy atom. The monoisotopic (exact) mass is 222 g/mol. The smallest absolute Gasteiger partial charge is 0.120 e. The van der Waals surface area contributed by atoms with E-state index in [1.807, 2.05) is 12.1 Å². The summed E-state index contributed by atoms with van der Waals surface area (Å²) in [5.74, 6) is 0. The van der Waals surface area contributed by atoms with Crippen molar-refractivity contribution in [3.63, 3.8) is 0 Å². The first kappa shape index (κ1) is 10.0. The highest BCUT2D eigenvalue weighted by Gasteiger charge is 2.09. The molecule has 1 nitrogen and oxygen atoms in total. The summed E-state index contributed by atoms with van der Waals surface area (Å²) in [6, 6.07) is 3.72. The third kappa shape index (κ3) is 2.77. The van der Waals surface area contributed by atoms with Gasteiger partial charge in [-0.2, -0.15) is 0 Å². The van der Waals surface area contributed by atoms with Crippen molar-refractivity contribution in [3.05, 3.63) is 21.3 Å². The maximum atomic E-state index is 10.1. The number of hydrogen-bond donors (Lipinski definition) is 0. The van der Waals surface area contributed by atoms with Crippen molar-refractivity contribution < 1.29 is 4.79 Å². The van der Waals surface area contributed by atoms with Crippen LogP contribution in [-0.4, -0.2) is 6.29 Å². The van der Waals surface area contributed by atoms with Crippen LogP contribution >= 0.6 is 34.5 Å². The molecule has 0 amide bonds. The third-order valence-corrected chi connectivity index (χ3v) is 3.37. The molecular formula is C8H8Cl2OS. The van der Waals surface area contributed by atoms with Crippen LogP contribution in [0, 0.1) is 0 Å². The SMILES string of the molecule is O=CCCC(Cl)c1ccc(Cl)s1. The van der Waals surface area contributed by atoms with E-state index < -0.39 is 0 Å². The van der Waals surface area contributed by atoms with Crippen LogP contribution in [0.2, 0.25) is 4.34 Å². The maximum absolute atomic E-state index is 10.1. The Morgan fingerprint density at radius 2 is 2.33 bits per heavy atom. The minimum absolute atomic E-state index is 0.0762. The molecule has 0 saturated carbocycles. The lowest BCUT2D eigenvalue weighted by Gasteiger charge is -2.02. The van der Waals surface area contributed by atoms with E-state index in [1.54, 1.807) is 0 Å². The summed E-state index contributed by atoms with van der Waals surface area (Å²) in [6.07, 6.45) is 2.07. The van der Waals surface area contributed by atoms with Crippen molar-refractivity contribution >= 4 is 40.8 Å². The Labute approximate surface area is 85.3 Å². The first-order valence-corrected chi connectivity index (χ1v) is 5.20. The van der Waals surface area contributed by atoms with Gasteiger partial charge in [-0.3, -0.25) is 0 Å². The molecule has 0 N–H and O–H groups in total. The Morgan fingerprint density at radius 3 is 2.83 bits per heavy atom. The second-order valence-electron chi connectivity index (χ2n) is 2.35. The molecule has 1 rings (SSSR count). The summed E-state index contributed by atoms with van der Waals surface area (Å²) in [5.41, 5.74) is 0. The van der Waals surface area contributed by atoms with Crippen LogP contribution < -0.4 is 0 Å². The number of carbonyl (C=O) groups excluding carboxylic acids is 1. The summed E-state index contributed by atoms with van der Waals surface area (Å²) in [4.78, 5) is 11.1. The Hall–Kier alpha value is -0.0500. The predicted octanol–water partition coefficient (Wildman–Crippen LogP) is 3.66. The van der Waals surface area contributed by atoms with E-state index in [9.17, 15) is 4.79 Å². The number of hydrogen-bond acceptors (Lipinski definition) is 2. The van der Waals surface area contributed by atoms with Gasteiger partial charge in [-0.1, -0.05) is 11.6 Å². The second kappa shape index (κ2) is 4.85. The second-order valence-corrected chi connectivity index (χ2v) is 4.63. The molecule has 0 radical (unpaired) electrons. The molecule has 1 unspecified atom stereocenters. The van der Waals surface area contributed by atoms with Crippen molar-refractivity contribution in [2.24, 2.45) is 0 Å². The molecule has 12 heavy (non-hydrogen) atoms. The summed E-state index contributed by atoms with van der Waals surface area (Å²) >= 11 is 13.2. The van der Waals surface area contributed by atoms with Crippen molar-refractivity contribution in [1.82, 2.24) is 0 Å². The molecule has 0 fully saturated rings. The van der Waals surface area contributed by atoms with Gasteiger partial charge >= 0.3 is 0 Å². The van der Waals surface area contributed by atoms with E-state index in [-0.39, 0.29) is 5.38 Å². The average molecular weight is 223 g/mol. The first-order chi connectivity index (χ1) is 5.74. The Balaban J connectivity index is 2.52. The zero-order valence-electron chi connectivity index (χ0n) is 6.30. The van der Waals surface area contributed by atoms with E-state index in [0.29, 0.717) is 12.8 Å². The fourth-order valence-corrected chi connectivity index (χ4v) is 2.26. The van der Waals surface area contributed by atoms with Crippen molar-refractivity contribution in [1.29, 1.82) is 0 Å². The average Bonchev–Trinajstić information content (AvgIpc) is 2.47. The Kier molecular flexibility index (Phi) is 4.06. The maximum Gasteiger partial charge on any atom is 0.120 e. The Bertz CT molecular complexity index is 259. The standard InChI is InChI=1S/C8H8Cl2OS/c9-6(2-1-5-11)7-3-4-8(10)12-7/h3-6H,1-2H2. The molecule has 1 aromatic rings. The quantitative estimate of drug-likeness (QED) is 0.562. The van der Waals surface area contributed by atoms with Crippen LogP contribution in [0.3, 0.4) is 0 Å². The van der Waals surface area contributed by atoms with Gasteiger partial charge in [0, 0.05) is 11.3 Å². The lowest BCUT2D eigenvalue weighted by molar-refractivity contribution is -0.107. The lowest BCUT2D eigenvalue weighted by atomic mass is 10.2. The highest BCUT2D eigenvalue weighted by molar-refractivity contribution is 7.16. The van der Waals surface area contributed by atoms with E-state index in [1.165, 1.54) is 11.3 Å². The van der Waals surface area contributed by atoms with Crippen LogP contribution in [-0.2, 0) is 4.79 Å². The normalized spacial score (nSPS) is 12.8. The molecule has 0 aliphatic rings. The van der Waals surface area contributed by atoms with Crippen LogP contribution in [0.5, 0.6) is 0 Å². The number of thiophene rings is 1. The number of carbonyl (C=O) groups is 1. The van der Waals surface area contributed by atoms with Gasteiger partial charge in [-0.15, -0.1) is 22.9 Å². The fourth-order valence-electron chi connectivity index (χ4n) is 0.853. The minimum atomic E-state index is -0.0762. The third-order valence-electron chi connectivity index (χ3n) is 1.44. The first-order valence-electron chi connectivity index (χ1n) is 3.57. The van der Waals surface area contributed by atoms with Crippen molar-refractivity contribution in [3.8, 4) is 0 Å². The van der Waals surface area contributed by atoms with Crippen LogP contribution in [0.1, 0.15) is 23.1 Å². The van der Waals surface area contributed by atoms with Crippen LogP contribution in [0.25, 0.3) is 0 Å². The highest BCUT2D eigenvalue weighted by atomic mass is 35.5. The molecular weight excluding hydrogens is 215 g/mol. The van der Waals surface area contributed by atoms with Crippen molar-refractivity contribution in [2.75, 3.05) is 0 Å². The minimum Gasteiger partial charge on any atom is -0.303 e. The molecule has 1 heterocycles. The summed E-state index contributed by atoms with van der Waals surface area (Å²) in [7, 11) is 0. The summed E-state index contributed by atoms with van der Waals surface area (Å²) in [5, 5.41) is -0.0762. The van der Waals surface area contributed by atoms with Gasteiger partial charge in [-0.05, 0) is 18.6 Å². The number of rotatable bonds is 4. The van der Waals surface area contributed by atoms with Gasteiger partial charge in [-0.25, -0.2) is 0 Å². The number of halogens is 2. The molecule has 4 heteroatoms. The molecule has 0 aromatic carbocycles. The number of aldehydes is 1. The molecule has 0 spiro atoms. The molecule has 0 saturated heterocycles. The zero-order valence-corrected chi connectivity index (χ0v) is 8.62. The molecule has 0 aliphatic carbocycles. The highest BCUT2D eigenvalue weighted by Crippen LogP contribution is 2.33. The van der Waals surface area contributed by atoms with Gasteiger partial charge in [0.25, 0.3) is 0 Å². The predicted molar refractivity (Wildman–Crippen MR) is 53.2 cm³/mol. The van der Waals surface area contributed by atoms with Gasteiger partial charge < -0.3 is 4.79 Å². The molecule has 66 valence electrons.